The van der Waals surface area contributed by atoms with Crippen molar-refractivity contribution in [3.05, 3.63) is 95.8 Å². The van der Waals surface area contributed by atoms with Crippen LogP contribution in [-0.2, 0) is 6.42 Å². The average molecular weight is 477 g/mol. The third kappa shape index (κ3) is 3.40. The Morgan fingerprint density at radius 3 is 2.03 bits per heavy atom. The molecule has 4 heterocycles. The Balaban J connectivity index is 1.41. The molecular formula is C30H32N6. The number of likely N-dealkylation sites (N-methyl/N-ethyl adjacent to an activating group) is 1. The molecule has 6 heteroatoms. The van der Waals surface area contributed by atoms with Crippen molar-refractivity contribution in [1.29, 1.82) is 0 Å². The molecule has 0 aliphatic carbocycles. The van der Waals surface area contributed by atoms with E-state index in [1.165, 1.54) is 28.1 Å². The van der Waals surface area contributed by atoms with E-state index in [0.29, 0.717) is 0 Å². The molecule has 2 aromatic heterocycles. The number of anilines is 6. The van der Waals surface area contributed by atoms with Crippen LogP contribution in [-0.4, -0.2) is 36.4 Å². The largest absolute Gasteiger partial charge is 0.351 e. The molecule has 0 amide bonds. The summed E-state index contributed by atoms with van der Waals surface area (Å²) >= 11 is 0. The minimum Gasteiger partial charge on any atom is -0.351 e. The minimum atomic E-state index is 0.0966. The molecule has 0 saturated heterocycles. The minimum absolute atomic E-state index is 0.0966. The smallest absolute Gasteiger partial charge is 0.158 e. The predicted molar refractivity (Wildman–Crippen MR) is 149 cm³/mol. The number of aryl methyl sites for hydroxylation is 2. The molecule has 0 N–H and O–H groups in total. The highest BCUT2D eigenvalue weighted by Gasteiger charge is 2.38. The van der Waals surface area contributed by atoms with E-state index in [9.17, 15) is 0 Å². The predicted octanol–water partition coefficient (Wildman–Crippen LogP) is 6.18. The number of rotatable bonds is 4. The van der Waals surface area contributed by atoms with E-state index in [0.717, 1.165) is 29.4 Å². The number of hydrogen-bond donors (Lipinski definition) is 0. The van der Waals surface area contributed by atoms with Crippen LogP contribution in [0.1, 0.15) is 23.6 Å². The lowest BCUT2D eigenvalue weighted by molar-refractivity contribution is 0.660. The number of nitrogens with zero attached hydrogens (tertiary/aromatic N) is 6. The molecule has 4 aromatic rings. The van der Waals surface area contributed by atoms with Crippen LogP contribution in [0.5, 0.6) is 0 Å². The zero-order chi connectivity index (χ0) is 25.0. The van der Waals surface area contributed by atoms with E-state index in [4.69, 9.17) is 9.97 Å². The Hall–Kier alpha value is -4.06. The molecule has 2 aliphatic rings. The van der Waals surface area contributed by atoms with Crippen LogP contribution in [0.4, 0.5) is 34.4 Å². The molecule has 2 aliphatic heterocycles. The highest BCUT2D eigenvalue weighted by molar-refractivity contribution is 5.83. The van der Waals surface area contributed by atoms with Crippen LogP contribution < -0.4 is 19.6 Å². The Labute approximate surface area is 213 Å². The van der Waals surface area contributed by atoms with E-state index in [1.54, 1.807) is 0 Å². The van der Waals surface area contributed by atoms with E-state index in [-0.39, 0.29) is 12.3 Å². The Morgan fingerprint density at radius 1 is 0.694 bits per heavy atom. The second-order valence-corrected chi connectivity index (χ2v) is 9.88. The van der Waals surface area contributed by atoms with Crippen molar-refractivity contribution in [2.75, 3.05) is 33.7 Å². The second kappa shape index (κ2) is 8.55. The van der Waals surface area contributed by atoms with Crippen LogP contribution in [0.15, 0.2) is 79.1 Å². The zero-order valence-electron chi connectivity index (χ0n) is 21.6. The molecule has 2 atom stereocenters. The molecule has 182 valence electrons. The maximum Gasteiger partial charge on any atom is 0.158 e. The molecule has 0 fully saturated rings. The van der Waals surface area contributed by atoms with Crippen molar-refractivity contribution in [3.63, 3.8) is 0 Å². The summed E-state index contributed by atoms with van der Waals surface area (Å²) in [4.78, 5) is 19.1. The molecule has 0 saturated carbocycles. The van der Waals surface area contributed by atoms with Crippen molar-refractivity contribution in [2.24, 2.45) is 0 Å². The number of fused-ring (bicyclic) bond motifs is 2. The standard InChI is InChI=1S/C30H32N6/c1-20-11-6-8-13-24(20)35-22(3)33(4)29-27(35)17-23(19-32-29)18-28-34(5)26-15-10-16-31-30(26)36(28)25-14-9-7-12-21(25)2/h6-17,19,22,28H,18H2,1-5H3. The summed E-state index contributed by atoms with van der Waals surface area (Å²) in [6, 6.07) is 23.7. The lowest BCUT2D eigenvalue weighted by Crippen LogP contribution is -2.40. The first-order chi connectivity index (χ1) is 17.5. The molecule has 2 unspecified atom stereocenters. The second-order valence-electron chi connectivity index (χ2n) is 9.88. The monoisotopic (exact) mass is 476 g/mol. The molecular weight excluding hydrogens is 444 g/mol. The number of hydrogen-bond acceptors (Lipinski definition) is 6. The first kappa shape index (κ1) is 22.4. The Kier molecular flexibility index (Phi) is 5.32. The lowest BCUT2D eigenvalue weighted by atomic mass is 10.1. The quantitative estimate of drug-likeness (QED) is 0.350. The molecule has 6 nitrogen and oxygen atoms in total. The summed E-state index contributed by atoms with van der Waals surface area (Å²) < 4.78 is 0. The van der Waals surface area contributed by atoms with E-state index in [2.05, 4.69) is 115 Å². The fourth-order valence-corrected chi connectivity index (χ4v) is 5.64. The average Bonchev–Trinajstić information content (AvgIpc) is 3.30. The van der Waals surface area contributed by atoms with Gasteiger partial charge in [-0.2, -0.15) is 0 Å². The van der Waals surface area contributed by atoms with Crippen LogP contribution in [0, 0.1) is 13.8 Å². The topological polar surface area (TPSA) is 38.7 Å². The third-order valence-corrected chi connectivity index (χ3v) is 7.72. The number of aromatic nitrogens is 2. The van der Waals surface area contributed by atoms with Crippen LogP contribution in [0.2, 0.25) is 0 Å². The van der Waals surface area contributed by atoms with Gasteiger partial charge in [0.15, 0.2) is 11.6 Å². The molecule has 2 aromatic carbocycles. The van der Waals surface area contributed by atoms with Gasteiger partial charge in [0.05, 0.1) is 11.4 Å². The molecule has 0 radical (unpaired) electrons. The van der Waals surface area contributed by atoms with Crippen molar-refractivity contribution >= 4 is 34.4 Å². The summed E-state index contributed by atoms with van der Waals surface area (Å²) in [5, 5.41) is 0. The SMILES string of the molecule is Cc1ccccc1N1c2cc(CC3N(C)c4cccnc4N3c3ccccc3C)cnc2N(C)C1C. The fourth-order valence-electron chi connectivity index (χ4n) is 5.64. The molecule has 0 bridgehead atoms. The normalized spacial score (nSPS) is 18.6. The van der Waals surface area contributed by atoms with Gasteiger partial charge in [0.25, 0.3) is 0 Å². The number of benzene rings is 2. The highest BCUT2D eigenvalue weighted by Crippen LogP contribution is 2.46. The Morgan fingerprint density at radius 2 is 1.33 bits per heavy atom. The van der Waals surface area contributed by atoms with Crippen molar-refractivity contribution < 1.29 is 0 Å². The van der Waals surface area contributed by atoms with Gasteiger partial charge in [0.2, 0.25) is 0 Å². The first-order valence-corrected chi connectivity index (χ1v) is 12.5. The van der Waals surface area contributed by atoms with Crippen molar-refractivity contribution in [2.45, 2.75) is 39.5 Å². The van der Waals surface area contributed by atoms with Crippen molar-refractivity contribution in [1.82, 2.24) is 9.97 Å². The van der Waals surface area contributed by atoms with Gasteiger partial charge in [0, 0.05) is 44.3 Å². The van der Waals surface area contributed by atoms with Crippen LogP contribution in [0.25, 0.3) is 0 Å². The summed E-state index contributed by atoms with van der Waals surface area (Å²) in [6.45, 7) is 6.58. The zero-order valence-corrected chi connectivity index (χ0v) is 21.6. The summed E-state index contributed by atoms with van der Waals surface area (Å²) in [7, 11) is 4.29. The maximum absolute atomic E-state index is 4.96. The Bertz CT molecular complexity index is 1430. The van der Waals surface area contributed by atoms with Gasteiger partial charge in [0.1, 0.15) is 12.3 Å². The summed E-state index contributed by atoms with van der Waals surface area (Å²) in [5.74, 6) is 2.03. The van der Waals surface area contributed by atoms with Crippen LogP contribution >= 0.6 is 0 Å². The number of para-hydroxylation sites is 2. The molecule has 6 rings (SSSR count). The van der Waals surface area contributed by atoms with E-state index >= 15 is 0 Å². The van der Waals surface area contributed by atoms with Gasteiger partial charge < -0.3 is 19.6 Å². The summed E-state index contributed by atoms with van der Waals surface area (Å²) in [5.41, 5.74) is 8.44. The summed E-state index contributed by atoms with van der Waals surface area (Å²) in [6.07, 6.45) is 5.04. The lowest BCUT2D eigenvalue weighted by Gasteiger charge is -2.31. The van der Waals surface area contributed by atoms with Gasteiger partial charge in [-0.15, -0.1) is 0 Å². The van der Waals surface area contributed by atoms with Crippen molar-refractivity contribution in [3.8, 4) is 0 Å². The van der Waals surface area contributed by atoms with Gasteiger partial charge in [-0.1, -0.05) is 36.4 Å². The first-order valence-electron chi connectivity index (χ1n) is 12.5. The highest BCUT2D eigenvalue weighted by atomic mass is 15.4. The maximum atomic E-state index is 4.96. The number of pyridine rings is 2. The third-order valence-electron chi connectivity index (χ3n) is 7.72. The van der Waals surface area contributed by atoms with Gasteiger partial charge >= 0.3 is 0 Å². The molecule has 0 spiro atoms. The molecule has 36 heavy (non-hydrogen) atoms. The fraction of sp³-hybridized carbons (Fsp3) is 0.267. The van der Waals surface area contributed by atoms with Gasteiger partial charge in [-0.05, 0) is 67.8 Å². The van der Waals surface area contributed by atoms with Crippen LogP contribution in [0.3, 0.4) is 0 Å². The van der Waals surface area contributed by atoms with E-state index in [1.807, 2.05) is 18.5 Å². The van der Waals surface area contributed by atoms with E-state index < -0.39 is 0 Å². The van der Waals surface area contributed by atoms with Gasteiger partial charge in [-0.25, -0.2) is 9.97 Å². The van der Waals surface area contributed by atoms with Gasteiger partial charge in [-0.3, -0.25) is 0 Å².